The largest absolute Gasteiger partial charge is 0.478 e. The van der Waals surface area contributed by atoms with Gasteiger partial charge in [-0.3, -0.25) is 4.72 Å². The van der Waals surface area contributed by atoms with E-state index in [2.05, 4.69) is 15.1 Å². The van der Waals surface area contributed by atoms with E-state index in [1.165, 1.54) is 41.1 Å². The van der Waals surface area contributed by atoms with Crippen LogP contribution in [-0.4, -0.2) is 46.9 Å². The topological polar surface area (TPSA) is 134 Å². The number of nitrogens with one attached hydrogen (secondary N) is 1. The van der Waals surface area contributed by atoms with E-state index in [9.17, 15) is 18.0 Å². The molecule has 11 nitrogen and oxygen atoms in total. The number of aryl methyl sites for hydroxylation is 2. The van der Waals surface area contributed by atoms with Gasteiger partial charge in [-0.2, -0.15) is 9.36 Å². The second-order valence-corrected chi connectivity index (χ2v) is 13.0. The summed E-state index contributed by atoms with van der Waals surface area (Å²) < 4.78 is 42.5. The lowest BCUT2D eigenvalue weighted by atomic mass is 10.0. The molecule has 1 saturated carbocycles. The van der Waals surface area contributed by atoms with E-state index in [-0.39, 0.29) is 16.5 Å². The Morgan fingerprint density at radius 1 is 1.10 bits per heavy atom. The van der Waals surface area contributed by atoms with Crippen molar-refractivity contribution in [2.24, 2.45) is 11.8 Å². The fourth-order valence-electron chi connectivity index (χ4n) is 5.33. The number of rotatable bonds is 11. The van der Waals surface area contributed by atoms with Crippen molar-refractivity contribution < 1.29 is 22.7 Å². The van der Waals surface area contributed by atoms with Gasteiger partial charge in [0.25, 0.3) is 10.0 Å². The van der Waals surface area contributed by atoms with E-state index < -0.39 is 22.1 Å². The SMILES string of the molecule is CC(C)COC(=O)[C@@H]1CCc2cc(S(=O)(=O)Nc3ccc(-n4nnn(CCCC5CCCC5)c4=O)cc3)ccc2O1. The summed E-state index contributed by atoms with van der Waals surface area (Å²) in [6, 6.07) is 11.0. The number of benzene rings is 2. The summed E-state index contributed by atoms with van der Waals surface area (Å²) >= 11 is 0. The van der Waals surface area contributed by atoms with Gasteiger partial charge >= 0.3 is 11.7 Å². The Balaban J connectivity index is 1.20. The molecule has 0 radical (unpaired) electrons. The molecule has 1 N–H and O–H groups in total. The number of ether oxygens (including phenoxy) is 2. The maximum absolute atomic E-state index is 13.1. The zero-order valence-corrected chi connectivity index (χ0v) is 24.3. The number of sulfonamides is 1. The molecule has 12 heteroatoms. The number of carbonyl (C=O) groups excluding carboxylic acids is 1. The third-order valence-corrected chi connectivity index (χ3v) is 8.95. The number of carbonyl (C=O) groups is 1. The molecule has 2 aliphatic rings. The molecular weight excluding hydrogens is 546 g/mol. The molecule has 0 spiro atoms. The quantitative estimate of drug-likeness (QED) is 0.334. The third-order valence-electron chi connectivity index (χ3n) is 7.57. The zero-order valence-electron chi connectivity index (χ0n) is 23.5. The van der Waals surface area contributed by atoms with Crippen LogP contribution in [0.5, 0.6) is 5.75 Å². The number of esters is 1. The molecular formula is C29H37N5O6S. The van der Waals surface area contributed by atoms with Gasteiger partial charge in [0.1, 0.15) is 5.75 Å². The summed E-state index contributed by atoms with van der Waals surface area (Å²) in [6.07, 6.45) is 7.33. The highest BCUT2D eigenvalue weighted by atomic mass is 32.2. The Bertz CT molecular complexity index is 1520. The molecule has 0 unspecified atom stereocenters. The first kappa shape index (κ1) is 28.8. The first-order valence-electron chi connectivity index (χ1n) is 14.3. The van der Waals surface area contributed by atoms with Gasteiger partial charge in [-0.05, 0) is 96.0 Å². The second-order valence-electron chi connectivity index (χ2n) is 11.3. The van der Waals surface area contributed by atoms with Gasteiger partial charge in [-0.25, -0.2) is 18.0 Å². The number of nitrogens with zero attached hydrogens (tertiary/aromatic N) is 4. The molecule has 0 bridgehead atoms. The smallest absolute Gasteiger partial charge is 0.368 e. The van der Waals surface area contributed by atoms with E-state index in [1.54, 1.807) is 36.4 Å². The highest BCUT2D eigenvalue weighted by Gasteiger charge is 2.29. The van der Waals surface area contributed by atoms with E-state index >= 15 is 0 Å². The number of hydrogen-bond donors (Lipinski definition) is 1. The van der Waals surface area contributed by atoms with Gasteiger partial charge in [0.15, 0.2) is 6.10 Å². The minimum atomic E-state index is -3.89. The molecule has 0 amide bonds. The Morgan fingerprint density at radius 3 is 2.59 bits per heavy atom. The first-order valence-corrected chi connectivity index (χ1v) is 15.8. The van der Waals surface area contributed by atoms with Crippen LogP contribution in [0.25, 0.3) is 5.69 Å². The Hall–Kier alpha value is -3.67. The molecule has 1 atom stereocenters. The third kappa shape index (κ3) is 6.98. The fourth-order valence-corrected chi connectivity index (χ4v) is 6.44. The minimum Gasteiger partial charge on any atom is -0.478 e. The average Bonchev–Trinajstić information content (AvgIpc) is 3.61. The van der Waals surface area contributed by atoms with Gasteiger partial charge in [-0.15, -0.1) is 0 Å². The van der Waals surface area contributed by atoms with Crippen molar-refractivity contribution >= 4 is 21.7 Å². The second kappa shape index (κ2) is 12.5. The van der Waals surface area contributed by atoms with Crippen LogP contribution in [0.2, 0.25) is 0 Å². The van der Waals surface area contributed by atoms with E-state index in [0.717, 1.165) is 18.8 Å². The molecule has 2 heterocycles. The Labute approximate surface area is 239 Å². The molecule has 1 aliphatic carbocycles. The maximum atomic E-state index is 13.1. The van der Waals surface area contributed by atoms with E-state index in [1.807, 2.05) is 13.8 Å². The highest BCUT2D eigenvalue weighted by molar-refractivity contribution is 7.92. The highest BCUT2D eigenvalue weighted by Crippen LogP contribution is 2.31. The lowest BCUT2D eigenvalue weighted by molar-refractivity contribution is -0.153. The number of fused-ring (bicyclic) bond motifs is 1. The van der Waals surface area contributed by atoms with Crippen molar-refractivity contribution in [3.63, 3.8) is 0 Å². The summed E-state index contributed by atoms with van der Waals surface area (Å²) in [6.45, 7) is 4.78. The lowest BCUT2D eigenvalue weighted by Gasteiger charge is -2.25. The molecule has 41 heavy (non-hydrogen) atoms. The minimum absolute atomic E-state index is 0.0847. The van der Waals surface area contributed by atoms with Crippen LogP contribution in [0.4, 0.5) is 5.69 Å². The number of aromatic nitrogens is 4. The Morgan fingerprint density at radius 2 is 1.85 bits per heavy atom. The summed E-state index contributed by atoms with van der Waals surface area (Å²) in [7, 11) is -3.89. The Kier molecular flexibility index (Phi) is 8.77. The van der Waals surface area contributed by atoms with E-state index in [4.69, 9.17) is 9.47 Å². The standard InChI is InChI=1S/C29H37N5O6S/c1-20(2)19-39-28(35)27-15-9-22-18-25(14-16-26(22)40-27)41(37,38)30-23-10-12-24(13-11-23)34-29(36)33(31-32-34)17-5-8-21-6-3-4-7-21/h10-14,16,18,20-21,27,30H,3-9,15,17,19H2,1-2H3/t27-/m0/s1. The van der Waals surface area contributed by atoms with Crippen LogP contribution in [-0.2, 0) is 32.5 Å². The van der Waals surface area contributed by atoms with Crippen molar-refractivity contribution in [3.05, 3.63) is 58.5 Å². The monoisotopic (exact) mass is 583 g/mol. The summed E-state index contributed by atoms with van der Waals surface area (Å²) in [5.41, 5.74) is 1.22. The van der Waals surface area contributed by atoms with Crippen LogP contribution < -0.4 is 15.1 Å². The van der Waals surface area contributed by atoms with Crippen LogP contribution in [0.15, 0.2) is 52.2 Å². The lowest BCUT2D eigenvalue weighted by Crippen LogP contribution is -2.33. The van der Waals surface area contributed by atoms with Crippen LogP contribution >= 0.6 is 0 Å². The molecule has 2 aromatic carbocycles. The number of anilines is 1. The molecule has 1 aromatic heterocycles. The van der Waals surface area contributed by atoms with Gasteiger partial charge in [-0.1, -0.05) is 39.5 Å². The van der Waals surface area contributed by atoms with Crippen LogP contribution in [0.3, 0.4) is 0 Å². The van der Waals surface area contributed by atoms with Crippen molar-refractivity contribution in [2.75, 3.05) is 11.3 Å². The first-order chi connectivity index (χ1) is 19.7. The molecule has 5 rings (SSSR count). The number of tetrazole rings is 1. The molecule has 0 saturated heterocycles. The van der Waals surface area contributed by atoms with Crippen molar-refractivity contribution in [1.29, 1.82) is 0 Å². The van der Waals surface area contributed by atoms with Crippen LogP contribution in [0, 0.1) is 11.8 Å². The van der Waals surface area contributed by atoms with Crippen LogP contribution in [0.1, 0.15) is 64.4 Å². The summed E-state index contributed by atoms with van der Waals surface area (Å²) in [5, 5.41) is 8.01. The predicted octanol–water partition coefficient (Wildman–Crippen LogP) is 4.09. The maximum Gasteiger partial charge on any atom is 0.368 e. The van der Waals surface area contributed by atoms with Gasteiger partial charge < -0.3 is 9.47 Å². The van der Waals surface area contributed by atoms with Gasteiger partial charge in [0, 0.05) is 12.2 Å². The van der Waals surface area contributed by atoms with Crippen molar-refractivity contribution in [1.82, 2.24) is 19.8 Å². The van der Waals surface area contributed by atoms with Gasteiger partial charge in [0.05, 0.1) is 17.2 Å². The normalized spacial score (nSPS) is 17.3. The van der Waals surface area contributed by atoms with Gasteiger partial charge in [0.2, 0.25) is 0 Å². The van der Waals surface area contributed by atoms with Crippen molar-refractivity contribution in [2.45, 2.75) is 82.8 Å². The zero-order chi connectivity index (χ0) is 29.0. The van der Waals surface area contributed by atoms with E-state index in [0.29, 0.717) is 48.7 Å². The fraction of sp³-hybridized carbons (Fsp3) is 0.517. The average molecular weight is 584 g/mol. The number of hydrogen-bond acceptors (Lipinski definition) is 8. The molecule has 3 aromatic rings. The van der Waals surface area contributed by atoms with Crippen molar-refractivity contribution in [3.8, 4) is 11.4 Å². The molecule has 220 valence electrons. The predicted molar refractivity (Wildman–Crippen MR) is 153 cm³/mol. The molecule has 1 aliphatic heterocycles. The summed E-state index contributed by atoms with van der Waals surface area (Å²) in [5.74, 6) is 1.05. The molecule has 1 fully saturated rings. The summed E-state index contributed by atoms with van der Waals surface area (Å²) in [4.78, 5) is 25.2.